The first-order valence-corrected chi connectivity index (χ1v) is 11.3. The van der Waals surface area contributed by atoms with Crippen molar-refractivity contribution in [3.63, 3.8) is 0 Å². The topological polar surface area (TPSA) is 48.5 Å². The molecule has 0 aromatic rings. The van der Waals surface area contributed by atoms with Crippen molar-refractivity contribution in [2.24, 2.45) is 0 Å². The predicted octanol–water partition coefficient (Wildman–Crippen LogP) is 1.48. The molecule has 4 saturated heterocycles. The highest BCUT2D eigenvalue weighted by Crippen LogP contribution is 2.34. The zero-order chi connectivity index (χ0) is 19.6. The van der Waals surface area contributed by atoms with Crippen molar-refractivity contribution >= 4 is 6.09 Å². The summed E-state index contributed by atoms with van der Waals surface area (Å²) >= 11 is 0. The molecule has 0 saturated carbocycles. The molecule has 4 fully saturated rings. The van der Waals surface area contributed by atoms with Gasteiger partial charge in [0.1, 0.15) is 5.60 Å². The molecular weight excluding hydrogens is 356 g/mol. The van der Waals surface area contributed by atoms with E-state index in [2.05, 4.69) is 28.5 Å². The SMILES string of the molecule is CC(C)N1CCN(CCCN2CC3(CCN([C@@H]4CCOC4)CC3)OC2=O)CC1. The molecule has 0 N–H and O–H groups in total. The fraction of sp³-hybridized carbons (Fsp3) is 0.952. The van der Waals surface area contributed by atoms with Crippen LogP contribution in [0.3, 0.4) is 0 Å². The zero-order valence-electron chi connectivity index (χ0n) is 17.8. The highest BCUT2D eigenvalue weighted by atomic mass is 16.6. The molecule has 28 heavy (non-hydrogen) atoms. The molecule has 4 heterocycles. The summed E-state index contributed by atoms with van der Waals surface area (Å²) in [4.78, 5) is 22.0. The van der Waals surface area contributed by atoms with Crippen LogP contribution in [-0.2, 0) is 9.47 Å². The lowest BCUT2D eigenvalue weighted by Gasteiger charge is -2.39. The van der Waals surface area contributed by atoms with Crippen LogP contribution in [0.15, 0.2) is 0 Å². The quantitative estimate of drug-likeness (QED) is 0.680. The number of piperazine rings is 1. The molecule has 4 rings (SSSR count). The average molecular weight is 395 g/mol. The summed E-state index contributed by atoms with van der Waals surface area (Å²) in [6.45, 7) is 15.7. The molecule has 0 bridgehead atoms. The van der Waals surface area contributed by atoms with E-state index in [0.717, 1.165) is 97.8 Å². The zero-order valence-corrected chi connectivity index (χ0v) is 17.8. The van der Waals surface area contributed by atoms with E-state index in [1.807, 2.05) is 4.90 Å². The van der Waals surface area contributed by atoms with Crippen molar-refractivity contribution in [2.75, 3.05) is 72.1 Å². The van der Waals surface area contributed by atoms with Gasteiger partial charge in [-0.25, -0.2) is 4.79 Å². The summed E-state index contributed by atoms with van der Waals surface area (Å²) in [5.74, 6) is 0. The van der Waals surface area contributed by atoms with Gasteiger partial charge in [-0.1, -0.05) is 0 Å². The number of nitrogens with zero attached hydrogens (tertiary/aromatic N) is 4. The molecule has 0 radical (unpaired) electrons. The van der Waals surface area contributed by atoms with Crippen LogP contribution in [0.1, 0.15) is 39.5 Å². The van der Waals surface area contributed by atoms with E-state index in [1.165, 1.54) is 0 Å². The van der Waals surface area contributed by atoms with Crippen LogP contribution in [0.25, 0.3) is 0 Å². The molecule has 4 aliphatic rings. The van der Waals surface area contributed by atoms with Gasteiger partial charge in [-0.15, -0.1) is 0 Å². The summed E-state index contributed by atoms with van der Waals surface area (Å²) in [5.41, 5.74) is -0.240. The van der Waals surface area contributed by atoms with Crippen LogP contribution in [0.5, 0.6) is 0 Å². The number of carbonyl (C=O) groups is 1. The molecule has 1 amide bonds. The summed E-state index contributed by atoms with van der Waals surface area (Å²) in [7, 11) is 0. The minimum atomic E-state index is -0.240. The number of carbonyl (C=O) groups excluding carboxylic acids is 1. The Labute approximate surface area is 169 Å². The third-order valence-corrected chi connectivity index (χ3v) is 7.21. The summed E-state index contributed by atoms with van der Waals surface area (Å²) in [6, 6.07) is 1.21. The van der Waals surface area contributed by atoms with Crippen molar-refractivity contribution in [1.29, 1.82) is 0 Å². The third kappa shape index (κ3) is 4.64. The van der Waals surface area contributed by atoms with Gasteiger partial charge in [0.05, 0.1) is 13.2 Å². The van der Waals surface area contributed by atoms with Crippen LogP contribution in [0.4, 0.5) is 4.79 Å². The predicted molar refractivity (Wildman–Crippen MR) is 109 cm³/mol. The Morgan fingerprint density at radius 1 is 1.07 bits per heavy atom. The first kappa shape index (κ1) is 20.4. The first-order chi connectivity index (χ1) is 13.5. The van der Waals surface area contributed by atoms with E-state index in [9.17, 15) is 4.79 Å². The molecule has 0 unspecified atom stereocenters. The Kier molecular flexibility index (Phi) is 6.45. The maximum atomic E-state index is 12.4. The Hall–Kier alpha value is -0.890. The summed E-state index contributed by atoms with van der Waals surface area (Å²) in [6.07, 6.45) is 4.01. The van der Waals surface area contributed by atoms with Crippen LogP contribution in [0, 0.1) is 0 Å². The van der Waals surface area contributed by atoms with Gasteiger partial charge in [-0.2, -0.15) is 0 Å². The number of hydrogen-bond acceptors (Lipinski definition) is 6. The number of ether oxygens (including phenoxy) is 2. The highest BCUT2D eigenvalue weighted by molar-refractivity contribution is 5.70. The van der Waals surface area contributed by atoms with Crippen LogP contribution in [0.2, 0.25) is 0 Å². The molecule has 1 spiro atoms. The molecule has 4 aliphatic heterocycles. The largest absolute Gasteiger partial charge is 0.441 e. The molecule has 160 valence electrons. The lowest BCUT2D eigenvalue weighted by atomic mass is 9.90. The maximum absolute atomic E-state index is 12.4. The number of hydrogen-bond donors (Lipinski definition) is 0. The van der Waals surface area contributed by atoms with E-state index in [-0.39, 0.29) is 11.7 Å². The average Bonchev–Trinajstić information content (AvgIpc) is 3.32. The number of amides is 1. The van der Waals surface area contributed by atoms with E-state index >= 15 is 0 Å². The minimum Gasteiger partial charge on any atom is -0.441 e. The molecule has 7 heteroatoms. The molecular formula is C21H38N4O3. The number of piperidine rings is 1. The first-order valence-electron chi connectivity index (χ1n) is 11.3. The van der Waals surface area contributed by atoms with Crippen molar-refractivity contribution in [3.05, 3.63) is 0 Å². The smallest absolute Gasteiger partial charge is 0.410 e. The summed E-state index contributed by atoms with van der Waals surface area (Å²) in [5, 5.41) is 0. The number of likely N-dealkylation sites (tertiary alicyclic amines) is 1. The van der Waals surface area contributed by atoms with Gasteiger partial charge in [0.2, 0.25) is 0 Å². The second-order valence-corrected chi connectivity index (χ2v) is 9.35. The van der Waals surface area contributed by atoms with Gasteiger partial charge < -0.3 is 19.3 Å². The number of rotatable bonds is 6. The molecule has 1 atom stereocenters. The normalized spacial score (nSPS) is 29.9. The fourth-order valence-corrected chi connectivity index (χ4v) is 5.22. The lowest BCUT2D eigenvalue weighted by Crippen LogP contribution is -2.50. The molecule has 0 aromatic carbocycles. The van der Waals surface area contributed by atoms with E-state index < -0.39 is 0 Å². The lowest BCUT2D eigenvalue weighted by molar-refractivity contribution is -0.0111. The van der Waals surface area contributed by atoms with Gasteiger partial charge in [0.25, 0.3) is 0 Å². The van der Waals surface area contributed by atoms with Crippen LogP contribution >= 0.6 is 0 Å². The van der Waals surface area contributed by atoms with Crippen molar-refractivity contribution in [3.8, 4) is 0 Å². The van der Waals surface area contributed by atoms with E-state index in [4.69, 9.17) is 9.47 Å². The Morgan fingerprint density at radius 3 is 2.46 bits per heavy atom. The molecule has 7 nitrogen and oxygen atoms in total. The fourth-order valence-electron chi connectivity index (χ4n) is 5.22. The van der Waals surface area contributed by atoms with E-state index in [1.54, 1.807) is 0 Å². The van der Waals surface area contributed by atoms with E-state index in [0.29, 0.717) is 12.1 Å². The maximum Gasteiger partial charge on any atom is 0.410 e. The van der Waals surface area contributed by atoms with Crippen LogP contribution < -0.4 is 0 Å². The van der Waals surface area contributed by atoms with Crippen molar-refractivity contribution in [1.82, 2.24) is 19.6 Å². The monoisotopic (exact) mass is 394 g/mol. The highest BCUT2D eigenvalue weighted by Gasteiger charge is 2.47. The Morgan fingerprint density at radius 2 is 1.82 bits per heavy atom. The Balaban J connectivity index is 1.17. The van der Waals surface area contributed by atoms with Gasteiger partial charge in [-0.05, 0) is 33.2 Å². The molecule has 0 aromatic heterocycles. The minimum absolute atomic E-state index is 0.0951. The van der Waals surface area contributed by atoms with Crippen LogP contribution in [-0.4, -0.2) is 115 Å². The van der Waals surface area contributed by atoms with Crippen molar-refractivity contribution in [2.45, 2.75) is 57.2 Å². The van der Waals surface area contributed by atoms with Gasteiger partial charge in [0.15, 0.2) is 0 Å². The van der Waals surface area contributed by atoms with Crippen molar-refractivity contribution < 1.29 is 14.3 Å². The van der Waals surface area contributed by atoms with Gasteiger partial charge in [0, 0.05) is 77.3 Å². The van der Waals surface area contributed by atoms with Gasteiger partial charge >= 0.3 is 6.09 Å². The third-order valence-electron chi connectivity index (χ3n) is 7.21. The second-order valence-electron chi connectivity index (χ2n) is 9.35. The summed E-state index contributed by atoms with van der Waals surface area (Å²) < 4.78 is 11.4. The second kappa shape index (κ2) is 8.86. The standard InChI is InChI=1S/C21H38N4O3/c1-18(2)23-13-11-22(12-14-23)7-3-8-25-17-21(28-20(25)26)5-9-24(10-6-21)19-4-15-27-16-19/h18-19H,3-17H2,1-2H3/t19-/m1/s1. The molecule has 0 aliphatic carbocycles. The van der Waals surface area contributed by atoms with Gasteiger partial charge in [-0.3, -0.25) is 9.80 Å². The Bertz CT molecular complexity index is 522.